The Morgan fingerprint density at radius 1 is 0.920 bits per heavy atom. The maximum atomic E-state index is 11.8. The Kier molecular flexibility index (Phi) is 6.32. The molecule has 0 heterocycles. The normalized spacial score (nSPS) is 13.0. The zero-order valence-electron chi connectivity index (χ0n) is 14.5. The molecular formula is C21H25NO3. The molecule has 0 saturated carbocycles. The van der Waals surface area contributed by atoms with E-state index in [4.69, 9.17) is 9.47 Å². The van der Waals surface area contributed by atoms with Crippen LogP contribution < -0.4 is 14.8 Å². The quantitative estimate of drug-likeness (QED) is 0.749. The number of aryl methyl sites for hydroxylation is 1. The first-order valence-corrected chi connectivity index (χ1v) is 9.01. The molecule has 2 aromatic rings. The summed E-state index contributed by atoms with van der Waals surface area (Å²) in [7, 11) is 0. The molecule has 25 heavy (non-hydrogen) atoms. The molecule has 0 unspecified atom stereocenters. The Labute approximate surface area is 149 Å². The van der Waals surface area contributed by atoms with Gasteiger partial charge in [0.15, 0.2) is 0 Å². The summed E-state index contributed by atoms with van der Waals surface area (Å²) in [5.41, 5.74) is 2.75. The van der Waals surface area contributed by atoms with Crippen LogP contribution >= 0.6 is 0 Å². The van der Waals surface area contributed by atoms with E-state index in [1.165, 1.54) is 24.0 Å². The fraction of sp³-hybridized carbons (Fsp3) is 0.381. The van der Waals surface area contributed by atoms with Crippen LogP contribution in [0.25, 0.3) is 0 Å². The molecule has 3 rings (SSSR count). The maximum absolute atomic E-state index is 11.8. The van der Waals surface area contributed by atoms with Gasteiger partial charge in [-0.2, -0.15) is 0 Å². The Morgan fingerprint density at radius 2 is 1.76 bits per heavy atom. The van der Waals surface area contributed by atoms with Crippen molar-refractivity contribution in [1.82, 2.24) is 5.32 Å². The van der Waals surface area contributed by atoms with E-state index in [0.29, 0.717) is 26.2 Å². The van der Waals surface area contributed by atoms with E-state index >= 15 is 0 Å². The number of ether oxygens (including phenoxy) is 2. The lowest BCUT2D eigenvalue weighted by Gasteiger charge is -2.19. The van der Waals surface area contributed by atoms with Gasteiger partial charge in [-0.05, 0) is 55.0 Å². The highest BCUT2D eigenvalue weighted by Gasteiger charge is 2.13. The first-order valence-electron chi connectivity index (χ1n) is 9.01. The van der Waals surface area contributed by atoms with Crippen LogP contribution in [0.1, 0.15) is 30.4 Å². The molecule has 1 amide bonds. The fourth-order valence-corrected chi connectivity index (χ4v) is 3.10. The van der Waals surface area contributed by atoms with Crippen LogP contribution in [0.4, 0.5) is 0 Å². The van der Waals surface area contributed by atoms with Gasteiger partial charge in [-0.1, -0.05) is 30.3 Å². The summed E-state index contributed by atoms with van der Waals surface area (Å²) in [6.07, 6.45) is 5.07. The summed E-state index contributed by atoms with van der Waals surface area (Å²) < 4.78 is 11.4. The van der Waals surface area contributed by atoms with Gasteiger partial charge in [-0.25, -0.2) is 0 Å². The number of fused-ring (bicyclic) bond motifs is 1. The van der Waals surface area contributed by atoms with E-state index in [1.807, 2.05) is 36.4 Å². The highest BCUT2D eigenvalue weighted by atomic mass is 16.5. The largest absolute Gasteiger partial charge is 0.493 e. The molecule has 0 saturated heterocycles. The lowest BCUT2D eigenvalue weighted by molar-refractivity contribution is -0.121. The van der Waals surface area contributed by atoms with Crippen molar-refractivity contribution in [3.63, 3.8) is 0 Å². The molecule has 0 atom stereocenters. The van der Waals surface area contributed by atoms with Gasteiger partial charge in [0.2, 0.25) is 5.91 Å². The van der Waals surface area contributed by atoms with Gasteiger partial charge in [0.25, 0.3) is 0 Å². The van der Waals surface area contributed by atoms with Crippen molar-refractivity contribution in [3.05, 3.63) is 59.7 Å². The lowest BCUT2D eigenvalue weighted by Crippen LogP contribution is -2.29. The fourth-order valence-electron chi connectivity index (χ4n) is 3.10. The number of benzene rings is 2. The third-order valence-corrected chi connectivity index (χ3v) is 4.38. The van der Waals surface area contributed by atoms with Gasteiger partial charge in [-0.3, -0.25) is 4.79 Å². The SMILES string of the molecule is O=C(CCOc1ccccc1)NCCOc1cccc2c1CCCC2. The monoisotopic (exact) mass is 339 g/mol. The van der Waals surface area contributed by atoms with Crippen LogP contribution in [0.3, 0.4) is 0 Å². The summed E-state index contributed by atoms with van der Waals surface area (Å²) in [5.74, 6) is 1.74. The molecule has 0 aromatic heterocycles. The van der Waals surface area contributed by atoms with Gasteiger partial charge >= 0.3 is 0 Å². The van der Waals surface area contributed by atoms with Crippen molar-refractivity contribution in [3.8, 4) is 11.5 Å². The standard InChI is InChI=1S/C21H25NO3/c23-21(13-15-24-18-9-2-1-3-10-18)22-14-16-25-20-12-6-8-17-7-4-5-11-19(17)20/h1-3,6,8-10,12H,4-5,7,11,13-16H2,(H,22,23). The molecule has 0 bridgehead atoms. The second-order valence-corrected chi connectivity index (χ2v) is 6.21. The predicted molar refractivity (Wildman–Crippen MR) is 98.1 cm³/mol. The summed E-state index contributed by atoms with van der Waals surface area (Å²) >= 11 is 0. The smallest absolute Gasteiger partial charge is 0.223 e. The predicted octanol–water partition coefficient (Wildman–Crippen LogP) is 3.53. The van der Waals surface area contributed by atoms with Crippen molar-refractivity contribution < 1.29 is 14.3 Å². The van der Waals surface area contributed by atoms with Crippen molar-refractivity contribution in [2.45, 2.75) is 32.1 Å². The molecule has 132 valence electrons. The van der Waals surface area contributed by atoms with Gasteiger partial charge in [-0.15, -0.1) is 0 Å². The minimum Gasteiger partial charge on any atom is -0.493 e. The summed E-state index contributed by atoms with van der Waals surface area (Å²) in [6.45, 7) is 1.37. The molecule has 0 aliphatic heterocycles. The van der Waals surface area contributed by atoms with E-state index in [-0.39, 0.29) is 5.91 Å². The van der Waals surface area contributed by atoms with Crippen LogP contribution in [0.5, 0.6) is 11.5 Å². The number of rotatable bonds is 8. The van der Waals surface area contributed by atoms with E-state index < -0.39 is 0 Å². The molecule has 0 radical (unpaired) electrons. The number of hydrogen-bond acceptors (Lipinski definition) is 3. The molecular weight excluding hydrogens is 314 g/mol. The average molecular weight is 339 g/mol. The third-order valence-electron chi connectivity index (χ3n) is 4.38. The zero-order valence-corrected chi connectivity index (χ0v) is 14.5. The molecule has 1 aliphatic rings. The first-order chi connectivity index (χ1) is 12.3. The topological polar surface area (TPSA) is 47.6 Å². The maximum Gasteiger partial charge on any atom is 0.223 e. The Balaban J connectivity index is 1.34. The molecule has 0 spiro atoms. The number of carbonyl (C=O) groups excluding carboxylic acids is 1. The van der Waals surface area contributed by atoms with Crippen LogP contribution in [-0.2, 0) is 17.6 Å². The highest BCUT2D eigenvalue weighted by molar-refractivity contribution is 5.75. The van der Waals surface area contributed by atoms with Crippen molar-refractivity contribution in [2.75, 3.05) is 19.8 Å². The summed E-state index contributed by atoms with van der Waals surface area (Å²) in [6, 6.07) is 15.8. The minimum atomic E-state index is -0.0189. The Morgan fingerprint density at radius 3 is 2.64 bits per heavy atom. The van der Waals surface area contributed by atoms with E-state index in [1.54, 1.807) is 0 Å². The average Bonchev–Trinajstić information content (AvgIpc) is 2.66. The second-order valence-electron chi connectivity index (χ2n) is 6.21. The van der Waals surface area contributed by atoms with E-state index in [2.05, 4.69) is 17.4 Å². The van der Waals surface area contributed by atoms with Crippen molar-refractivity contribution in [1.29, 1.82) is 0 Å². The van der Waals surface area contributed by atoms with E-state index in [0.717, 1.165) is 24.3 Å². The third kappa shape index (κ3) is 5.24. The first kappa shape index (κ1) is 17.3. The zero-order chi connectivity index (χ0) is 17.3. The Bertz CT molecular complexity index is 685. The number of amides is 1. The molecule has 4 heteroatoms. The number of hydrogen-bond donors (Lipinski definition) is 1. The van der Waals surface area contributed by atoms with Crippen LogP contribution in [-0.4, -0.2) is 25.7 Å². The molecule has 0 fully saturated rings. The Hall–Kier alpha value is -2.49. The molecule has 4 nitrogen and oxygen atoms in total. The van der Waals surface area contributed by atoms with Crippen LogP contribution in [0, 0.1) is 0 Å². The highest BCUT2D eigenvalue weighted by Crippen LogP contribution is 2.29. The summed E-state index contributed by atoms with van der Waals surface area (Å²) in [5, 5.41) is 2.88. The molecule has 2 aromatic carbocycles. The summed E-state index contributed by atoms with van der Waals surface area (Å²) in [4.78, 5) is 11.8. The van der Waals surface area contributed by atoms with Crippen molar-refractivity contribution in [2.24, 2.45) is 0 Å². The second kappa shape index (κ2) is 9.11. The molecule has 1 aliphatic carbocycles. The van der Waals surface area contributed by atoms with Gasteiger partial charge in [0.1, 0.15) is 18.1 Å². The van der Waals surface area contributed by atoms with Gasteiger partial charge in [0, 0.05) is 0 Å². The van der Waals surface area contributed by atoms with Crippen LogP contribution in [0.15, 0.2) is 48.5 Å². The lowest BCUT2D eigenvalue weighted by atomic mass is 9.91. The van der Waals surface area contributed by atoms with Crippen molar-refractivity contribution >= 4 is 5.91 Å². The van der Waals surface area contributed by atoms with Gasteiger partial charge < -0.3 is 14.8 Å². The number of para-hydroxylation sites is 1. The number of carbonyl (C=O) groups is 1. The minimum absolute atomic E-state index is 0.0189. The van der Waals surface area contributed by atoms with Gasteiger partial charge in [0.05, 0.1) is 19.6 Å². The van der Waals surface area contributed by atoms with Crippen LogP contribution in [0.2, 0.25) is 0 Å². The number of nitrogens with one attached hydrogen (secondary N) is 1. The molecule has 1 N–H and O–H groups in total. The van der Waals surface area contributed by atoms with E-state index in [9.17, 15) is 4.79 Å².